The number of benzene rings is 1. The number of Topliss-reactive ketones (excluding diaryl/α,β-unsaturated/α-hetero) is 1. The maximum absolute atomic E-state index is 12.1. The normalized spacial score (nSPS) is 17.6. The van der Waals surface area contributed by atoms with Crippen LogP contribution in [0.1, 0.15) is 42.1 Å². The van der Waals surface area contributed by atoms with E-state index in [1.807, 2.05) is 25.1 Å². The monoisotopic (exact) mass is 279 g/mol. The molecular formula is C16H22ClNO. The first-order valence-corrected chi connectivity index (χ1v) is 7.46. The minimum atomic E-state index is 0.221. The summed E-state index contributed by atoms with van der Waals surface area (Å²) in [6.07, 6.45) is 3.12. The summed E-state index contributed by atoms with van der Waals surface area (Å²) in [4.78, 5) is 14.5. The smallest absolute Gasteiger partial charge is 0.164 e. The number of rotatable bonds is 4. The van der Waals surface area contributed by atoms with Crippen LogP contribution in [0.25, 0.3) is 0 Å². The molecule has 2 rings (SSSR count). The number of hydrogen-bond acceptors (Lipinski definition) is 2. The Bertz CT molecular complexity index is 450. The standard InChI is InChI=1S/C16H22ClNO/c1-12-5-8-18(9-6-12)10-7-16(19)14-3-4-15(17)13(2)11-14/h3-4,11-12H,5-10H2,1-2H3. The molecule has 1 heterocycles. The molecule has 19 heavy (non-hydrogen) atoms. The van der Waals surface area contributed by atoms with Crippen molar-refractivity contribution in [2.24, 2.45) is 5.92 Å². The molecule has 3 heteroatoms. The largest absolute Gasteiger partial charge is 0.303 e. The van der Waals surface area contributed by atoms with E-state index in [-0.39, 0.29) is 5.78 Å². The first kappa shape index (κ1) is 14.5. The molecule has 104 valence electrons. The molecule has 1 aliphatic rings. The van der Waals surface area contributed by atoms with Gasteiger partial charge in [0.1, 0.15) is 0 Å². The average molecular weight is 280 g/mol. The van der Waals surface area contributed by atoms with E-state index >= 15 is 0 Å². The molecule has 0 aromatic heterocycles. The zero-order valence-electron chi connectivity index (χ0n) is 11.8. The molecule has 0 unspecified atom stereocenters. The number of hydrogen-bond donors (Lipinski definition) is 0. The van der Waals surface area contributed by atoms with Crippen molar-refractivity contribution >= 4 is 17.4 Å². The van der Waals surface area contributed by atoms with Crippen LogP contribution in [-0.4, -0.2) is 30.3 Å². The summed E-state index contributed by atoms with van der Waals surface area (Å²) in [5.41, 5.74) is 1.76. The minimum Gasteiger partial charge on any atom is -0.303 e. The first-order valence-electron chi connectivity index (χ1n) is 7.08. The van der Waals surface area contributed by atoms with Crippen molar-refractivity contribution in [3.8, 4) is 0 Å². The Hall–Kier alpha value is -0.860. The molecule has 0 saturated carbocycles. The summed E-state index contributed by atoms with van der Waals surface area (Å²) >= 11 is 5.98. The van der Waals surface area contributed by atoms with Crippen LogP contribution in [0.15, 0.2) is 18.2 Å². The Kier molecular flexibility index (Phi) is 5.00. The van der Waals surface area contributed by atoms with Gasteiger partial charge in [-0.15, -0.1) is 0 Å². The van der Waals surface area contributed by atoms with Gasteiger partial charge in [0.2, 0.25) is 0 Å². The Labute approximate surface area is 120 Å². The van der Waals surface area contributed by atoms with Crippen molar-refractivity contribution in [3.63, 3.8) is 0 Å². The molecule has 0 radical (unpaired) electrons. The number of likely N-dealkylation sites (tertiary alicyclic amines) is 1. The van der Waals surface area contributed by atoms with E-state index in [4.69, 9.17) is 11.6 Å². The van der Waals surface area contributed by atoms with E-state index in [0.29, 0.717) is 6.42 Å². The van der Waals surface area contributed by atoms with Crippen LogP contribution in [0, 0.1) is 12.8 Å². The number of ketones is 1. The zero-order valence-corrected chi connectivity index (χ0v) is 12.5. The van der Waals surface area contributed by atoms with Crippen molar-refractivity contribution in [2.75, 3.05) is 19.6 Å². The highest BCUT2D eigenvalue weighted by Crippen LogP contribution is 2.19. The minimum absolute atomic E-state index is 0.221. The topological polar surface area (TPSA) is 20.3 Å². The highest BCUT2D eigenvalue weighted by molar-refractivity contribution is 6.31. The Morgan fingerprint density at radius 2 is 2.05 bits per heavy atom. The van der Waals surface area contributed by atoms with Gasteiger partial charge in [0, 0.05) is 23.6 Å². The van der Waals surface area contributed by atoms with Gasteiger partial charge in [-0.25, -0.2) is 0 Å². The predicted molar refractivity (Wildman–Crippen MR) is 80.0 cm³/mol. The van der Waals surface area contributed by atoms with Gasteiger partial charge in [0.15, 0.2) is 5.78 Å². The van der Waals surface area contributed by atoms with Crippen LogP contribution in [0.5, 0.6) is 0 Å². The second-order valence-electron chi connectivity index (χ2n) is 5.66. The van der Waals surface area contributed by atoms with E-state index in [1.54, 1.807) is 0 Å². The third kappa shape index (κ3) is 4.05. The molecule has 0 amide bonds. The summed E-state index contributed by atoms with van der Waals surface area (Å²) in [5, 5.41) is 0.724. The average Bonchev–Trinajstić information content (AvgIpc) is 2.41. The first-order chi connectivity index (χ1) is 9.06. The van der Waals surface area contributed by atoms with Gasteiger partial charge >= 0.3 is 0 Å². The number of piperidine rings is 1. The summed E-state index contributed by atoms with van der Waals surface area (Å²) in [6.45, 7) is 7.39. The molecule has 1 aliphatic heterocycles. The van der Waals surface area contributed by atoms with Crippen LogP contribution in [0.3, 0.4) is 0 Å². The molecular weight excluding hydrogens is 258 g/mol. The molecule has 1 saturated heterocycles. The third-order valence-corrected chi connectivity index (χ3v) is 4.44. The van der Waals surface area contributed by atoms with E-state index in [2.05, 4.69) is 11.8 Å². The molecule has 0 atom stereocenters. The molecule has 0 aliphatic carbocycles. The Morgan fingerprint density at radius 1 is 1.37 bits per heavy atom. The summed E-state index contributed by atoms with van der Waals surface area (Å²) < 4.78 is 0. The lowest BCUT2D eigenvalue weighted by atomic mass is 9.98. The van der Waals surface area contributed by atoms with Crippen molar-refractivity contribution in [1.29, 1.82) is 0 Å². The van der Waals surface area contributed by atoms with Gasteiger partial charge in [-0.1, -0.05) is 18.5 Å². The molecule has 0 spiro atoms. The van der Waals surface area contributed by atoms with Gasteiger partial charge in [-0.3, -0.25) is 4.79 Å². The lowest BCUT2D eigenvalue weighted by Crippen LogP contribution is -2.34. The number of carbonyl (C=O) groups excluding carboxylic acids is 1. The maximum atomic E-state index is 12.1. The fourth-order valence-electron chi connectivity index (χ4n) is 2.51. The lowest BCUT2D eigenvalue weighted by molar-refractivity contribution is 0.0953. The molecule has 1 aromatic carbocycles. The quantitative estimate of drug-likeness (QED) is 0.778. The van der Waals surface area contributed by atoms with Crippen molar-refractivity contribution in [2.45, 2.75) is 33.1 Å². The van der Waals surface area contributed by atoms with E-state index in [1.165, 1.54) is 12.8 Å². The zero-order chi connectivity index (χ0) is 13.8. The fourth-order valence-corrected chi connectivity index (χ4v) is 2.63. The van der Waals surface area contributed by atoms with Crippen LogP contribution < -0.4 is 0 Å². The van der Waals surface area contributed by atoms with E-state index in [0.717, 1.165) is 41.7 Å². The maximum Gasteiger partial charge on any atom is 0.164 e. The second kappa shape index (κ2) is 6.53. The summed E-state index contributed by atoms with van der Waals surface area (Å²) in [6, 6.07) is 5.53. The number of carbonyl (C=O) groups is 1. The highest BCUT2D eigenvalue weighted by atomic mass is 35.5. The molecule has 0 N–H and O–H groups in total. The lowest BCUT2D eigenvalue weighted by Gasteiger charge is -2.29. The third-order valence-electron chi connectivity index (χ3n) is 4.01. The molecule has 0 bridgehead atoms. The predicted octanol–water partition coefficient (Wildman–Crippen LogP) is 3.95. The summed E-state index contributed by atoms with van der Waals surface area (Å²) in [7, 11) is 0. The Morgan fingerprint density at radius 3 is 2.68 bits per heavy atom. The molecule has 1 aromatic rings. The van der Waals surface area contributed by atoms with E-state index in [9.17, 15) is 4.79 Å². The van der Waals surface area contributed by atoms with Gasteiger partial charge in [0.05, 0.1) is 0 Å². The van der Waals surface area contributed by atoms with Gasteiger partial charge in [-0.05, 0) is 62.5 Å². The van der Waals surface area contributed by atoms with Gasteiger partial charge in [-0.2, -0.15) is 0 Å². The Balaban J connectivity index is 1.85. The summed E-state index contributed by atoms with van der Waals surface area (Å²) in [5.74, 6) is 1.06. The second-order valence-corrected chi connectivity index (χ2v) is 6.07. The van der Waals surface area contributed by atoms with Crippen molar-refractivity contribution < 1.29 is 4.79 Å². The van der Waals surface area contributed by atoms with Crippen LogP contribution in [-0.2, 0) is 0 Å². The van der Waals surface area contributed by atoms with E-state index < -0.39 is 0 Å². The van der Waals surface area contributed by atoms with Crippen molar-refractivity contribution in [3.05, 3.63) is 34.3 Å². The molecule has 2 nitrogen and oxygen atoms in total. The van der Waals surface area contributed by atoms with Crippen LogP contribution in [0.2, 0.25) is 5.02 Å². The highest BCUT2D eigenvalue weighted by Gasteiger charge is 2.16. The van der Waals surface area contributed by atoms with Crippen LogP contribution in [0.4, 0.5) is 0 Å². The fraction of sp³-hybridized carbons (Fsp3) is 0.562. The molecule has 1 fully saturated rings. The van der Waals surface area contributed by atoms with Gasteiger partial charge < -0.3 is 4.90 Å². The number of halogens is 1. The SMILES string of the molecule is Cc1cc(C(=O)CCN2CCC(C)CC2)ccc1Cl. The van der Waals surface area contributed by atoms with Gasteiger partial charge in [0.25, 0.3) is 0 Å². The van der Waals surface area contributed by atoms with Crippen LogP contribution >= 0.6 is 11.6 Å². The number of nitrogens with zero attached hydrogens (tertiary/aromatic N) is 1. The number of aryl methyl sites for hydroxylation is 1. The van der Waals surface area contributed by atoms with Crippen molar-refractivity contribution in [1.82, 2.24) is 4.90 Å².